The Balaban J connectivity index is 2.33. The minimum Gasteiger partial charge on any atom is -0.506 e. The molecule has 0 radical (unpaired) electrons. The molecule has 0 aliphatic heterocycles. The summed E-state index contributed by atoms with van der Waals surface area (Å²) in [6.07, 6.45) is -0.114. The number of pyridine rings is 1. The van der Waals surface area contributed by atoms with Gasteiger partial charge in [-0.2, -0.15) is 0 Å². The standard InChI is InChI=1S/C16H22N2O3/c1-9(2)17-10(3)8-14(20)11-4-6-13(19)16-12(11)5-7-15(21)18-16/h4-7,9-10,14,17,19-20H,8H2,1-3H3,(H,18,21). The molecule has 0 saturated heterocycles. The van der Waals surface area contributed by atoms with E-state index in [1.165, 1.54) is 12.1 Å². The Labute approximate surface area is 123 Å². The van der Waals surface area contributed by atoms with Gasteiger partial charge in [0.05, 0.1) is 11.6 Å². The number of aromatic hydroxyl groups is 1. The Kier molecular flexibility index (Phi) is 4.65. The minimum absolute atomic E-state index is 0.00649. The van der Waals surface area contributed by atoms with Crippen molar-refractivity contribution in [3.8, 4) is 5.75 Å². The normalized spacial score (nSPS) is 14.5. The van der Waals surface area contributed by atoms with Crippen LogP contribution >= 0.6 is 0 Å². The molecule has 5 heteroatoms. The van der Waals surface area contributed by atoms with Gasteiger partial charge in [0.2, 0.25) is 5.56 Å². The molecule has 0 aliphatic carbocycles. The average molecular weight is 290 g/mol. The van der Waals surface area contributed by atoms with E-state index in [0.29, 0.717) is 28.9 Å². The third kappa shape index (κ3) is 3.62. The van der Waals surface area contributed by atoms with E-state index in [2.05, 4.69) is 24.1 Å². The number of rotatable bonds is 5. The van der Waals surface area contributed by atoms with Crippen LogP contribution in [-0.2, 0) is 0 Å². The summed E-state index contributed by atoms with van der Waals surface area (Å²) in [5.41, 5.74) is 0.791. The van der Waals surface area contributed by atoms with E-state index in [4.69, 9.17) is 0 Å². The Morgan fingerprint density at radius 3 is 2.57 bits per heavy atom. The molecule has 2 rings (SSSR count). The maximum atomic E-state index is 11.4. The molecule has 21 heavy (non-hydrogen) atoms. The van der Waals surface area contributed by atoms with Gasteiger partial charge in [-0.15, -0.1) is 0 Å². The Hall–Kier alpha value is -1.85. The summed E-state index contributed by atoms with van der Waals surface area (Å²) in [5.74, 6) is 0.00649. The van der Waals surface area contributed by atoms with Gasteiger partial charge in [-0.3, -0.25) is 4.79 Å². The average Bonchev–Trinajstić information content (AvgIpc) is 2.38. The van der Waals surface area contributed by atoms with Crippen LogP contribution < -0.4 is 10.9 Å². The third-order valence-corrected chi connectivity index (χ3v) is 3.46. The van der Waals surface area contributed by atoms with Gasteiger partial charge in [-0.25, -0.2) is 0 Å². The van der Waals surface area contributed by atoms with Crippen molar-refractivity contribution in [1.82, 2.24) is 10.3 Å². The number of aromatic amines is 1. The van der Waals surface area contributed by atoms with Crippen molar-refractivity contribution in [2.45, 2.75) is 45.4 Å². The zero-order valence-corrected chi connectivity index (χ0v) is 12.6. The fourth-order valence-electron chi connectivity index (χ4n) is 2.65. The summed E-state index contributed by atoms with van der Waals surface area (Å²) >= 11 is 0. The highest BCUT2D eigenvalue weighted by molar-refractivity contribution is 5.87. The van der Waals surface area contributed by atoms with E-state index in [0.717, 1.165) is 0 Å². The molecule has 1 heterocycles. The highest BCUT2D eigenvalue weighted by Crippen LogP contribution is 2.30. The summed E-state index contributed by atoms with van der Waals surface area (Å²) in [4.78, 5) is 14.0. The van der Waals surface area contributed by atoms with Gasteiger partial charge in [0.15, 0.2) is 0 Å². The maximum Gasteiger partial charge on any atom is 0.248 e. The number of fused-ring (bicyclic) bond motifs is 1. The van der Waals surface area contributed by atoms with Crippen LogP contribution in [0.25, 0.3) is 10.9 Å². The summed E-state index contributed by atoms with van der Waals surface area (Å²) < 4.78 is 0. The van der Waals surface area contributed by atoms with Crippen LogP contribution in [0.2, 0.25) is 0 Å². The number of hydrogen-bond acceptors (Lipinski definition) is 4. The zero-order chi connectivity index (χ0) is 15.6. The summed E-state index contributed by atoms with van der Waals surface area (Å²) in [6, 6.07) is 6.73. The first-order chi connectivity index (χ1) is 9.88. The van der Waals surface area contributed by atoms with Crippen molar-refractivity contribution in [2.75, 3.05) is 0 Å². The number of hydrogen-bond donors (Lipinski definition) is 4. The fourth-order valence-corrected chi connectivity index (χ4v) is 2.65. The van der Waals surface area contributed by atoms with Crippen molar-refractivity contribution in [3.63, 3.8) is 0 Å². The van der Waals surface area contributed by atoms with E-state index in [-0.39, 0.29) is 17.4 Å². The number of benzene rings is 1. The summed E-state index contributed by atoms with van der Waals surface area (Å²) in [7, 11) is 0. The van der Waals surface area contributed by atoms with Crippen LogP contribution in [0.15, 0.2) is 29.1 Å². The Morgan fingerprint density at radius 1 is 1.19 bits per heavy atom. The number of aromatic nitrogens is 1. The van der Waals surface area contributed by atoms with Crippen molar-refractivity contribution in [3.05, 3.63) is 40.2 Å². The van der Waals surface area contributed by atoms with Crippen molar-refractivity contribution >= 4 is 10.9 Å². The molecule has 114 valence electrons. The molecule has 1 aromatic carbocycles. The predicted octanol–water partition coefficient (Wildman–Crippen LogP) is 2.04. The molecule has 0 bridgehead atoms. The number of aliphatic hydroxyl groups excluding tert-OH is 1. The lowest BCUT2D eigenvalue weighted by molar-refractivity contribution is 0.154. The molecule has 2 atom stereocenters. The van der Waals surface area contributed by atoms with Gasteiger partial charge in [0.25, 0.3) is 0 Å². The van der Waals surface area contributed by atoms with E-state index in [1.54, 1.807) is 12.1 Å². The molecule has 1 aromatic heterocycles. The molecule has 0 amide bonds. The zero-order valence-electron chi connectivity index (χ0n) is 12.6. The van der Waals surface area contributed by atoms with Gasteiger partial charge in [0, 0.05) is 23.5 Å². The Bertz CT molecular complexity index is 679. The molecule has 2 unspecified atom stereocenters. The van der Waals surface area contributed by atoms with Crippen molar-refractivity contribution < 1.29 is 10.2 Å². The highest BCUT2D eigenvalue weighted by Gasteiger charge is 2.17. The quantitative estimate of drug-likeness (QED) is 0.679. The summed E-state index contributed by atoms with van der Waals surface area (Å²) in [6.45, 7) is 6.14. The molecule has 0 spiro atoms. The van der Waals surface area contributed by atoms with Gasteiger partial charge in [0.1, 0.15) is 5.75 Å². The van der Waals surface area contributed by atoms with Gasteiger partial charge in [-0.05, 0) is 31.0 Å². The fraction of sp³-hybridized carbons (Fsp3) is 0.438. The molecule has 0 fully saturated rings. The van der Waals surface area contributed by atoms with Crippen LogP contribution in [0.1, 0.15) is 38.9 Å². The van der Waals surface area contributed by atoms with Crippen LogP contribution in [0.4, 0.5) is 0 Å². The second-order valence-corrected chi connectivity index (χ2v) is 5.76. The van der Waals surface area contributed by atoms with Gasteiger partial charge >= 0.3 is 0 Å². The largest absolute Gasteiger partial charge is 0.506 e. The van der Waals surface area contributed by atoms with Crippen LogP contribution in [0, 0.1) is 0 Å². The Morgan fingerprint density at radius 2 is 1.90 bits per heavy atom. The van der Waals surface area contributed by atoms with Crippen molar-refractivity contribution in [1.29, 1.82) is 0 Å². The first-order valence-electron chi connectivity index (χ1n) is 7.17. The molecule has 4 N–H and O–H groups in total. The lowest BCUT2D eigenvalue weighted by Gasteiger charge is -2.21. The van der Waals surface area contributed by atoms with E-state index in [9.17, 15) is 15.0 Å². The SMILES string of the molecule is CC(C)NC(C)CC(O)c1ccc(O)c2[nH]c(=O)ccc12. The monoisotopic (exact) mass is 290 g/mol. The lowest BCUT2D eigenvalue weighted by atomic mass is 9.98. The number of aliphatic hydroxyl groups is 1. The smallest absolute Gasteiger partial charge is 0.248 e. The van der Waals surface area contributed by atoms with E-state index >= 15 is 0 Å². The second kappa shape index (κ2) is 6.28. The van der Waals surface area contributed by atoms with Crippen LogP contribution in [0.5, 0.6) is 5.75 Å². The lowest BCUT2D eigenvalue weighted by Crippen LogP contribution is -2.33. The maximum absolute atomic E-state index is 11.4. The minimum atomic E-state index is -0.666. The summed E-state index contributed by atoms with van der Waals surface area (Å²) in [5, 5.41) is 24.3. The van der Waals surface area contributed by atoms with Gasteiger partial charge < -0.3 is 20.5 Å². The van der Waals surface area contributed by atoms with E-state index < -0.39 is 6.10 Å². The topological polar surface area (TPSA) is 85.3 Å². The third-order valence-electron chi connectivity index (χ3n) is 3.46. The molecule has 2 aromatic rings. The molecule has 5 nitrogen and oxygen atoms in total. The van der Waals surface area contributed by atoms with E-state index in [1.807, 2.05) is 6.92 Å². The molecule has 0 saturated carbocycles. The second-order valence-electron chi connectivity index (χ2n) is 5.76. The molecule has 0 aliphatic rings. The van der Waals surface area contributed by atoms with Crippen LogP contribution in [0.3, 0.4) is 0 Å². The van der Waals surface area contributed by atoms with Crippen LogP contribution in [-0.4, -0.2) is 27.3 Å². The number of nitrogens with one attached hydrogen (secondary N) is 2. The first kappa shape index (κ1) is 15.5. The van der Waals surface area contributed by atoms with Gasteiger partial charge in [-0.1, -0.05) is 19.9 Å². The number of phenolic OH excluding ortho intramolecular Hbond substituents is 1. The molecular formula is C16H22N2O3. The number of H-pyrrole nitrogens is 1. The predicted molar refractivity (Wildman–Crippen MR) is 83.5 cm³/mol. The molecular weight excluding hydrogens is 268 g/mol. The first-order valence-corrected chi connectivity index (χ1v) is 7.17. The number of phenols is 1. The van der Waals surface area contributed by atoms with Crippen molar-refractivity contribution in [2.24, 2.45) is 0 Å². The highest BCUT2D eigenvalue weighted by atomic mass is 16.3.